The van der Waals surface area contributed by atoms with E-state index < -0.39 is 18.2 Å². The number of carboxylic acid groups (broad SMARTS) is 1. The molecular weight excluding hydrogens is 589 g/mol. The number of carbonyl (C=O) groups excluding carboxylic acids is 1. The third-order valence-electron chi connectivity index (χ3n) is 6.82. The third-order valence-corrected chi connectivity index (χ3v) is 8.09. The van der Waals surface area contributed by atoms with Gasteiger partial charge in [0.1, 0.15) is 11.8 Å². The van der Waals surface area contributed by atoms with Crippen LogP contribution >= 0.6 is 22.9 Å². The van der Waals surface area contributed by atoms with Crippen LogP contribution in [0.4, 0.5) is 13.2 Å². The number of fused-ring (bicyclic) bond motifs is 1. The van der Waals surface area contributed by atoms with Gasteiger partial charge in [-0.25, -0.2) is 0 Å². The predicted octanol–water partition coefficient (Wildman–Crippen LogP) is 8.25. The Labute approximate surface area is 249 Å². The molecule has 0 aliphatic heterocycles. The van der Waals surface area contributed by atoms with Crippen LogP contribution in [-0.2, 0) is 4.79 Å². The predicted molar refractivity (Wildman–Crippen MR) is 155 cm³/mol. The van der Waals surface area contributed by atoms with Crippen molar-refractivity contribution in [3.05, 3.63) is 98.9 Å². The standard InChI is InChI=1S/C31H26ClF3N2O4S/c1-2-3-24(18-4-6-20(7-5-18)30(40)37-13-12-27(38)39)28(19-8-10-23(11-9-19)41-31(33,34)35)26-17-42-29-21(16-36)14-22(32)15-25(26)29/h4-11,14-15,17,24,28H,2-3,12-13H2,1H3,(H,37,40)(H,38,39)/t24-,28?/m1/s1. The number of carboxylic acids is 1. The number of nitrogens with one attached hydrogen (secondary N) is 1. The van der Waals surface area contributed by atoms with E-state index in [1.54, 1.807) is 36.4 Å². The lowest BCUT2D eigenvalue weighted by atomic mass is 9.75. The van der Waals surface area contributed by atoms with Crippen molar-refractivity contribution in [1.82, 2.24) is 5.32 Å². The molecule has 0 saturated carbocycles. The number of thiophene rings is 1. The fourth-order valence-electron chi connectivity index (χ4n) is 5.05. The molecule has 4 aromatic rings. The monoisotopic (exact) mass is 614 g/mol. The van der Waals surface area contributed by atoms with Crippen molar-refractivity contribution in [2.24, 2.45) is 0 Å². The molecule has 0 bridgehead atoms. The Balaban J connectivity index is 1.79. The molecule has 0 radical (unpaired) electrons. The Bertz CT molecular complexity index is 1610. The van der Waals surface area contributed by atoms with Crippen molar-refractivity contribution in [1.29, 1.82) is 5.26 Å². The summed E-state index contributed by atoms with van der Waals surface area (Å²) in [6.45, 7) is 2.04. The van der Waals surface area contributed by atoms with E-state index in [9.17, 15) is 28.0 Å². The van der Waals surface area contributed by atoms with E-state index in [-0.39, 0.29) is 30.6 Å². The van der Waals surface area contributed by atoms with Gasteiger partial charge in [-0.15, -0.1) is 24.5 Å². The van der Waals surface area contributed by atoms with E-state index in [2.05, 4.69) is 16.1 Å². The molecule has 0 spiro atoms. The minimum atomic E-state index is -4.82. The maximum absolute atomic E-state index is 12.8. The van der Waals surface area contributed by atoms with Crippen LogP contribution in [0.1, 0.15) is 70.6 Å². The van der Waals surface area contributed by atoms with Crippen molar-refractivity contribution in [3.8, 4) is 11.8 Å². The average molecular weight is 615 g/mol. The molecule has 218 valence electrons. The normalized spacial score (nSPS) is 12.9. The van der Waals surface area contributed by atoms with E-state index in [1.165, 1.54) is 23.5 Å². The van der Waals surface area contributed by atoms with Gasteiger partial charge in [0.25, 0.3) is 5.91 Å². The minimum Gasteiger partial charge on any atom is -0.481 e. The summed E-state index contributed by atoms with van der Waals surface area (Å²) in [5.41, 5.74) is 3.34. The maximum atomic E-state index is 12.8. The molecule has 1 unspecified atom stereocenters. The Morgan fingerprint density at radius 3 is 2.36 bits per heavy atom. The zero-order valence-electron chi connectivity index (χ0n) is 22.4. The Hall–Kier alpha value is -4.07. The number of alkyl halides is 3. The number of amides is 1. The molecule has 6 nitrogen and oxygen atoms in total. The summed E-state index contributed by atoms with van der Waals surface area (Å²) in [5, 5.41) is 24.2. The highest BCUT2D eigenvalue weighted by Crippen LogP contribution is 2.47. The number of ether oxygens (including phenoxy) is 1. The van der Waals surface area contributed by atoms with Crippen molar-refractivity contribution in [2.75, 3.05) is 6.54 Å². The van der Waals surface area contributed by atoms with Gasteiger partial charge in [0.05, 0.1) is 16.7 Å². The van der Waals surface area contributed by atoms with Crippen LogP contribution < -0.4 is 10.1 Å². The van der Waals surface area contributed by atoms with Crippen LogP contribution in [0.3, 0.4) is 0 Å². The second kappa shape index (κ2) is 13.3. The van der Waals surface area contributed by atoms with Gasteiger partial charge in [-0.3, -0.25) is 9.59 Å². The minimum absolute atomic E-state index is 0.00295. The van der Waals surface area contributed by atoms with Crippen LogP contribution in [-0.4, -0.2) is 29.9 Å². The number of halogens is 4. The molecule has 42 heavy (non-hydrogen) atoms. The molecule has 1 aromatic heterocycles. The molecular formula is C31H26ClF3N2O4S. The molecule has 11 heteroatoms. The van der Waals surface area contributed by atoms with Gasteiger partial charge < -0.3 is 15.2 Å². The first kappa shape index (κ1) is 30.9. The fraction of sp³-hybridized carbons (Fsp3) is 0.258. The van der Waals surface area contributed by atoms with Gasteiger partial charge in [-0.2, -0.15) is 5.26 Å². The Morgan fingerprint density at radius 2 is 1.76 bits per heavy atom. The largest absolute Gasteiger partial charge is 0.573 e. The topological polar surface area (TPSA) is 99.4 Å². The summed E-state index contributed by atoms with van der Waals surface area (Å²) in [4.78, 5) is 23.3. The molecule has 0 saturated heterocycles. The Morgan fingerprint density at radius 1 is 1.10 bits per heavy atom. The zero-order chi connectivity index (χ0) is 30.4. The van der Waals surface area contributed by atoms with Gasteiger partial charge in [0.2, 0.25) is 0 Å². The maximum Gasteiger partial charge on any atom is 0.573 e. The summed E-state index contributed by atoms with van der Waals surface area (Å²) in [5.74, 6) is -2.23. The summed E-state index contributed by atoms with van der Waals surface area (Å²) < 4.78 is 43.4. The van der Waals surface area contributed by atoms with Gasteiger partial charge >= 0.3 is 12.3 Å². The van der Waals surface area contributed by atoms with Crippen LogP contribution in [0.2, 0.25) is 5.02 Å². The van der Waals surface area contributed by atoms with Gasteiger partial charge in [0, 0.05) is 23.0 Å². The number of hydrogen-bond acceptors (Lipinski definition) is 5. The molecule has 2 atom stereocenters. The average Bonchev–Trinajstić information content (AvgIpc) is 3.35. The van der Waals surface area contributed by atoms with E-state index >= 15 is 0 Å². The zero-order valence-corrected chi connectivity index (χ0v) is 23.9. The first-order valence-corrected chi connectivity index (χ1v) is 14.3. The number of benzene rings is 3. The second-order valence-corrected chi connectivity index (χ2v) is 11.0. The number of aliphatic carboxylic acids is 1. The Kier molecular flexibility index (Phi) is 9.76. The van der Waals surface area contributed by atoms with Crippen molar-refractivity contribution in [2.45, 2.75) is 44.4 Å². The number of rotatable bonds is 11. The molecule has 3 aromatic carbocycles. The highest BCUT2D eigenvalue weighted by Gasteiger charge is 2.32. The summed E-state index contributed by atoms with van der Waals surface area (Å²) in [6, 6.07) is 18.4. The van der Waals surface area contributed by atoms with Gasteiger partial charge in [0.15, 0.2) is 0 Å². The lowest BCUT2D eigenvalue weighted by Gasteiger charge is -2.29. The van der Waals surface area contributed by atoms with Crippen LogP contribution in [0.15, 0.2) is 66.0 Å². The third kappa shape index (κ3) is 7.41. The lowest BCUT2D eigenvalue weighted by molar-refractivity contribution is -0.274. The number of carbonyl (C=O) groups is 2. The van der Waals surface area contributed by atoms with E-state index in [0.717, 1.165) is 33.2 Å². The molecule has 4 rings (SSSR count). The van der Waals surface area contributed by atoms with Crippen LogP contribution in [0.5, 0.6) is 5.75 Å². The van der Waals surface area contributed by atoms with Crippen LogP contribution in [0, 0.1) is 11.3 Å². The highest BCUT2D eigenvalue weighted by atomic mass is 35.5. The van der Waals surface area contributed by atoms with E-state index in [1.807, 2.05) is 24.4 Å². The van der Waals surface area contributed by atoms with Crippen molar-refractivity contribution in [3.63, 3.8) is 0 Å². The van der Waals surface area contributed by atoms with Crippen molar-refractivity contribution < 1.29 is 32.6 Å². The molecule has 0 aliphatic rings. The number of hydrogen-bond donors (Lipinski definition) is 2. The fourth-order valence-corrected chi connectivity index (χ4v) is 6.33. The summed E-state index contributed by atoms with van der Waals surface area (Å²) in [7, 11) is 0. The summed E-state index contributed by atoms with van der Waals surface area (Å²) >= 11 is 7.79. The van der Waals surface area contributed by atoms with Crippen LogP contribution in [0.25, 0.3) is 10.1 Å². The molecule has 2 N–H and O–H groups in total. The molecule has 1 amide bonds. The molecule has 0 fully saturated rings. The smallest absolute Gasteiger partial charge is 0.481 e. The van der Waals surface area contributed by atoms with E-state index in [4.69, 9.17) is 16.7 Å². The van der Waals surface area contributed by atoms with Crippen molar-refractivity contribution >= 4 is 44.9 Å². The second-order valence-electron chi connectivity index (χ2n) is 9.64. The summed E-state index contributed by atoms with van der Waals surface area (Å²) in [6.07, 6.45) is -3.51. The number of nitrogens with zero attached hydrogens (tertiary/aromatic N) is 1. The first-order valence-electron chi connectivity index (χ1n) is 13.1. The quantitative estimate of drug-likeness (QED) is 0.177. The first-order chi connectivity index (χ1) is 20.0. The van der Waals surface area contributed by atoms with Gasteiger partial charge in [-0.1, -0.05) is 49.2 Å². The molecule has 0 aliphatic carbocycles. The number of nitriles is 1. The SMILES string of the molecule is CCC[C@H](c1ccc(C(=O)NCCC(=O)O)cc1)C(c1ccc(OC(F)(F)F)cc1)c1csc2c(C#N)cc(Cl)cc12. The van der Waals surface area contributed by atoms with Gasteiger partial charge in [-0.05, 0) is 76.2 Å². The highest BCUT2D eigenvalue weighted by molar-refractivity contribution is 7.17. The lowest BCUT2D eigenvalue weighted by Crippen LogP contribution is -2.26. The molecule has 1 heterocycles. The van der Waals surface area contributed by atoms with E-state index in [0.29, 0.717) is 22.6 Å².